The second-order valence-corrected chi connectivity index (χ2v) is 15.3. The van der Waals surface area contributed by atoms with Gasteiger partial charge in [0.05, 0.1) is 39.9 Å². The Bertz CT molecular complexity index is 1810. The molecular formula is C32H38ClN5O5S2. The van der Waals surface area contributed by atoms with Gasteiger partial charge in [0.15, 0.2) is 11.4 Å². The molecule has 4 heterocycles. The number of nitrogens with one attached hydrogen (secondary N) is 1. The van der Waals surface area contributed by atoms with E-state index in [-0.39, 0.29) is 16.8 Å². The number of imidazole rings is 1. The van der Waals surface area contributed by atoms with Crippen molar-refractivity contribution in [3.63, 3.8) is 0 Å². The van der Waals surface area contributed by atoms with Crippen molar-refractivity contribution in [2.24, 2.45) is 5.92 Å². The topological polar surface area (TPSA) is 116 Å². The van der Waals surface area contributed by atoms with Gasteiger partial charge in [-0.2, -0.15) is 0 Å². The Kier molecular flexibility index (Phi) is 8.72. The fourth-order valence-corrected chi connectivity index (χ4v) is 9.47. The summed E-state index contributed by atoms with van der Waals surface area (Å²) in [5, 5.41) is 5.47. The number of aryl methyl sites for hydroxylation is 1. The summed E-state index contributed by atoms with van der Waals surface area (Å²) in [5.74, 6) is -1.35. The van der Waals surface area contributed by atoms with E-state index in [0.717, 1.165) is 10.4 Å². The van der Waals surface area contributed by atoms with Crippen LogP contribution in [0.1, 0.15) is 57.0 Å². The third-order valence-corrected chi connectivity index (χ3v) is 11.9. The number of ether oxygens (including phenoxy) is 2. The van der Waals surface area contributed by atoms with E-state index < -0.39 is 40.0 Å². The number of carbonyl (C=O) groups is 1. The van der Waals surface area contributed by atoms with Crippen molar-refractivity contribution >= 4 is 55.7 Å². The summed E-state index contributed by atoms with van der Waals surface area (Å²) in [6.07, 6.45) is 3.87. The fraction of sp³-hybridized carbons (Fsp3) is 0.469. The first-order chi connectivity index (χ1) is 21.4. The molecule has 1 saturated carbocycles. The van der Waals surface area contributed by atoms with Crippen LogP contribution >= 0.6 is 22.9 Å². The monoisotopic (exact) mass is 671 g/mol. The number of amides is 1. The first-order valence-electron chi connectivity index (χ1n) is 15.2. The second-order valence-electron chi connectivity index (χ2n) is 12.1. The molecule has 3 aromatic heterocycles. The number of hydrogen-bond acceptors (Lipinski definition) is 8. The second kappa shape index (κ2) is 12.3. The van der Waals surface area contributed by atoms with Gasteiger partial charge in [-0.15, -0.1) is 11.3 Å². The van der Waals surface area contributed by atoms with Crippen LogP contribution in [0.5, 0.6) is 0 Å². The molecule has 0 radical (unpaired) electrons. The molecule has 1 amide bonds. The van der Waals surface area contributed by atoms with Crippen LogP contribution < -0.4 is 9.62 Å². The van der Waals surface area contributed by atoms with Crippen LogP contribution in [-0.4, -0.2) is 59.4 Å². The van der Waals surface area contributed by atoms with Crippen LogP contribution in [0.15, 0.2) is 59.2 Å². The van der Waals surface area contributed by atoms with E-state index in [1.165, 1.54) is 15.6 Å². The molecule has 10 nitrogen and oxygen atoms in total. The lowest BCUT2D eigenvalue weighted by molar-refractivity contribution is -0.163. The minimum absolute atomic E-state index is 0.0808. The van der Waals surface area contributed by atoms with Gasteiger partial charge in [0, 0.05) is 24.0 Å². The Morgan fingerprint density at radius 1 is 1.16 bits per heavy atom. The molecule has 1 aliphatic heterocycles. The Hall–Kier alpha value is -3.03. The van der Waals surface area contributed by atoms with Crippen molar-refractivity contribution in [2.75, 3.05) is 10.8 Å². The van der Waals surface area contributed by atoms with E-state index in [4.69, 9.17) is 26.1 Å². The Labute approximate surface area is 272 Å². The SMILES string of the molecule is CCNC(=O)[C@H]1CC(n2cnc3c(N([C@H](CC)Cc4sccc4Cl)S(=O)(=O)c4ccc(C)cc4)ccnc32)[C@@H]2OC(C)(C)O[C@H]12. The molecule has 1 aromatic carbocycles. The molecule has 6 rings (SSSR count). The molecule has 45 heavy (non-hydrogen) atoms. The van der Waals surface area contributed by atoms with Crippen LogP contribution in [0.4, 0.5) is 5.69 Å². The highest BCUT2D eigenvalue weighted by Crippen LogP contribution is 2.48. The lowest BCUT2D eigenvalue weighted by atomic mass is 10.0. The molecule has 1 unspecified atom stereocenters. The number of anilines is 1. The smallest absolute Gasteiger partial charge is 0.264 e. The fourth-order valence-electron chi connectivity index (χ4n) is 6.55. The molecule has 1 N–H and O–H groups in total. The molecule has 0 bridgehead atoms. The van der Waals surface area contributed by atoms with Gasteiger partial charge in [-0.05, 0) is 70.2 Å². The van der Waals surface area contributed by atoms with Gasteiger partial charge >= 0.3 is 0 Å². The number of fused-ring (bicyclic) bond motifs is 2. The number of nitrogens with zero attached hydrogens (tertiary/aromatic N) is 4. The van der Waals surface area contributed by atoms with Crippen LogP contribution in [-0.2, 0) is 30.7 Å². The zero-order chi connectivity index (χ0) is 32.1. The van der Waals surface area contributed by atoms with Crippen molar-refractivity contribution in [2.45, 2.75) is 88.9 Å². The summed E-state index contributed by atoms with van der Waals surface area (Å²) >= 11 is 8.00. The van der Waals surface area contributed by atoms with Crippen molar-refractivity contribution < 1.29 is 22.7 Å². The quantitative estimate of drug-likeness (QED) is 0.224. The van der Waals surface area contributed by atoms with Gasteiger partial charge in [0.1, 0.15) is 17.7 Å². The minimum atomic E-state index is -4.04. The zero-order valence-corrected chi connectivity index (χ0v) is 28.3. The largest absolute Gasteiger partial charge is 0.356 e. The van der Waals surface area contributed by atoms with E-state index in [1.54, 1.807) is 42.9 Å². The Morgan fingerprint density at radius 2 is 1.89 bits per heavy atom. The van der Waals surface area contributed by atoms with Crippen molar-refractivity contribution in [3.05, 3.63) is 69.8 Å². The predicted molar refractivity (Wildman–Crippen MR) is 175 cm³/mol. The highest BCUT2D eigenvalue weighted by molar-refractivity contribution is 7.92. The third kappa shape index (κ3) is 5.87. The van der Waals surface area contributed by atoms with Crippen LogP contribution in [0.25, 0.3) is 11.2 Å². The van der Waals surface area contributed by atoms with Crippen molar-refractivity contribution in [1.29, 1.82) is 0 Å². The van der Waals surface area contributed by atoms with Crippen LogP contribution in [0.2, 0.25) is 5.02 Å². The molecular weight excluding hydrogens is 634 g/mol. The lowest BCUT2D eigenvalue weighted by Crippen LogP contribution is -2.41. The molecule has 2 aliphatic rings. The summed E-state index contributed by atoms with van der Waals surface area (Å²) in [7, 11) is -4.04. The minimum Gasteiger partial charge on any atom is -0.356 e. The summed E-state index contributed by atoms with van der Waals surface area (Å²) < 4.78 is 45.0. The van der Waals surface area contributed by atoms with E-state index in [0.29, 0.717) is 47.7 Å². The Morgan fingerprint density at radius 3 is 2.56 bits per heavy atom. The van der Waals surface area contributed by atoms with Gasteiger partial charge in [-0.1, -0.05) is 36.2 Å². The van der Waals surface area contributed by atoms with Crippen molar-refractivity contribution in [3.8, 4) is 0 Å². The van der Waals surface area contributed by atoms with Gasteiger partial charge in [0.2, 0.25) is 5.91 Å². The first kappa shape index (κ1) is 31.9. The third-order valence-electron chi connectivity index (χ3n) is 8.65. The van der Waals surface area contributed by atoms with Gasteiger partial charge in [-0.25, -0.2) is 18.4 Å². The van der Waals surface area contributed by atoms with Gasteiger partial charge in [0.25, 0.3) is 10.0 Å². The number of thiophene rings is 1. The summed E-state index contributed by atoms with van der Waals surface area (Å²) in [4.78, 5) is 23.6. The summed E-state index contributed by atoms with van der Waals surface area (Å²) in [6, 6.07) is 9.66. The molecule has 2 fully saturated rings. The first-order valence-corrected chi connectivity index (χ1v) is 17.9. The number of pyridine rings is 1. The maximum absolute atomic E-state index is 14.5. The van der Waals surface area contributed by atoms with E-state index in [1.807, 2.05) is 50.6 Å². The Balaban J connectivity index is 1.46. The molecule has 5 atom stereocenters. The average molecular weight is 672 g/mol. The lowest BCUT2D eigenvalue weighted by Gasteiger charge is -2.32. The van der Waals surface area contributed by atoms with E-state index in [2.05, 4.69) is 10.3 Å². The maximum atomic E-state index is 14.5. The van der Waals surface area contributed by atoms with E-state index >= 15 is 0 Å². The maximum Gasteiger partial charge on any atom is 0.264 e. The predicted octanol–water partition coefficient (Wildman–Crippen LogP) is 5.89. The summed E-state index contributed by atoms with van der Waals surface area (Å²) in [5.41, 5.74) is 2.34. The molecule has 1 aliphatic carbocycles. The molecule has 13 heteroatoms. The van der Waals surface area contributed by atoms with E-state index in [9.17, 15) is 13.2 Å². The zero-order valence-electron chi connectivity index (χ0n) is 25.9. The van der Waals surface area contributed by atoms with Crippen LogP contribution in [0.3, 0.4) is 0 Å². The number of carbonyl (C=O) groups excluding carboxylic acids is 1. The number of hydrogen-bond donors (Lipinski definition) is 1. The normalized spacial score (nSPS) is 23.2. The standard InChI is InChI=1S/C32H38ClN5O5S2/c1-6-20(16-26-23(33)13-15-44-26)38(45(40,41)21-10-8-19(3)9-11-21)24-12-14-35-30-27(24)36-18-37(30)25-17-22(31(39)34-7-2)28-29(25)43-32(4,5)42-28/h8-15,18,20,22,25,28-29H,6-7,16-17H2,1-5H3,(H,34,39)/t20-,22+,25?,28-,29+/m1/s1. The number of aromatic nitrogens is 3. The van der Waals surface area contributed by atoms with Crippen LogP contribution in [0, 0.1) is 12.8 Å². The highest BCUT2D eigenvalue weighted by Gasteiger charge is 2.57. The number of rotatable bonds is 10. The van der Waals surface area contributed by atoms with Crippen molar-refractivity contribution in [1.82, 2.24) is 19.9 Å². The molecule has 240 valence electrons. The average Bonchev–Trinajstić information content (AvgIpc) is 3.76. The molecule has 4 aromatic rings. The van der Waals surface area contributed by atoms with Gasteiger partial charge in [-0.3, -0.25) is 9.10 Å². The summed E-state index contributed by atoms with van der Waals surface area (Å²) in [6.45, 7) is 9.99. The number of sulfonamides is 1. The molecule has 1 saturated heterocycles. The van der Waals surface area contributed by atoms with Gasteiger partial charge < -0.3 is 19.4 Å². The number of halogens is 1. The highest BCUT2D eigenvalue weighted by atomic mass is 35.5. The number of benzene rings is 1. The molecule has 0 spiro atoms.